The number of fused-ring (bicyclic) bond motifs is 1. The Balaban J connectivity index is 1.62. The highest BCUT2D eigenvalue weighted by Gasteiger charge is 2.30. The van der Waals surface area contributed by atoms with Gasteiger partial charge in [-0.1, -0.05) is 36.9 Å². The van der Waals surface area contributed by atoms with E-state index in [1.165, 1.54) is 23.1 Å². The Kier molecular flexibility index (Phi) is 4.97. The summed E-state index contributed by atoms with van der Waals surface area (Å²) in [5.41, 5.74) is 1.98. The van der Waals surface area contributed by atoms with Crippen molar-refractivity contribution in [3.63, 3.8) is 0 Å². The van der Waals surface area contributed by atoms with Gasteiger partial charge in [-0.2, -0.15) is 8.78 Å². The van der Waals surface area contributed by atoms with Crippen molar-refractivity contribution in [2.24, 2.45) is 0 Å². The maximum absolute atomic E-state index is 12.4. The lowest BCUT2D eigenvalue weighted by molar-refractivity contribution is -0.116. The highest BCUT2D eigenvalue weighted by molar-refractivity contribution is 6.09. The van der Waals surface area contributed by atoms with Crippen LogP contribution in [0.15, 0.2) is 55.1 Å². The predicted octanol–water partition coefficient (Wildman–Crippen LogP) is 3.74. The topological polar surface area (TPSA) is 58.6 Å². The SMILES string of the molecule is C=C1c2ccccc2C(=O)N1CCC(=O)Nc1ccccc1OC(F)F. The first-order valence-corrected chi connectivity index (χ1v) is 7.91. The quantitative estimate of drug-likeness (QED) is 0.856. The average molecular weight is 358 g/mol. The fraction of sp³-hybridized carbons (Fsp3) is 0.158. The Morgan fingerprint density at radius 1 is 1.12 bits per heavy atom. The van der Waals surface area contributed by atoms with Crippen LogP contribution in [0.5, 0.6) is 5.75 Å². The standard InChI is InChI=1S/C19H16F2N2O3/c1-12-13-6-2-3-7-14(13)18(25)23(12)11-10-17(24)22-15-8-4-5-9-16(15)26-19(20)21/h2-9,19H,1,10-11H2,(H,22,24). The largest absolute Gasteiger partial charge is 0.433 e. The number of alkyl halides is 2. The molecule has 0 aliphatic carbocycles. The van der Waals surface area contributed by atoms with Gasteiger partial charge in [0.25, 0.3) is 5.91 Å². The molecule has 26 heavy (non-hydrogen) atoms. The van der Waals surface area contributed by atoms with Crippen molar-refractivity contribution >= 4 is 23.2 Å². The Morgan fingerprint density at radius 2 is 1.77 bits per heavy atom. The van der Waals surface area contributed by atoms with Gasteiger partial charge < -0.3 is 15.0 Å². The van der Waals surface area contributed by atoms with Crippen LogP contribution in [-0.4, -0.2) is 29.9 Å². The molecule has 134 valence electrons. The summed E-state index contributed by atoms with van der Waals surface area (Å²) >= 11 is 0. The number of nitrogens with zero attached hydrogens (tertiary/aromatic N) is 1. The van der Waals surface area contributed by atoms with Gasteiger partial charge in [-0.05, 0) is 18.2 Å². The van der Waals surface area contributed by atoms with Gasteiger partial charge in [-0.15, -0.1) is 0 Å². The zero-order valence-corrected chi connectivity index (χ0v) is 13.7. The second kappa shape index (κ2) is 7.35. The summed E-state index contributed by atoms with van der Waals surface area (Å²) in [5, 5.41) is 2.53. The molecule has 0 atom stereocenters. The van der Waals surface area contributed by atoms with E-state index >= 15 is 0 Å². The zero-order valence-electron chi connectivity index (χ0n) is 13.7. The molecule has 2 amide bonds. The average Bonchev–Trinajstić information content (AvgIpc) is 2.86. The monoisotopic (exact) mass is 358 g/mol. The van der Waals surface area contributed by atoms with Gasteiger partial charge in [0.2, 0.25) is 5.91 Å². The number of benzene rings is 2. The number of hydrogen-bond acceptors (Lipinski definition) is 3. The Morgan fingerprint density at radius 3 is 2.46 bits per heavy atom. The van der Waals surface area contributed by atoms with E-state index in [4.69, 9.17) is 0 Å². The third-order valence-electron chi connectivity index (χ3n) is 3.98. The van der Waals surface area contributed by atoms with Gasteiger partial charge in [-0.25, -0.2) is 0 Å². The summed E-state index contributed by atoms with van der Waals surface area (Å²) in [6.45, 7) is 1.05. The molecular formula is C19H16F2N2O3. The highest BCUT2D eigenvalue weighted by atomic mass is 19.3. The van der Waals surface area contributed by atoms with Crippen LogP contribution < -0.4 is 10.1 Å². The molecule has 1 N–H and O–H groups in total. The van der Waals surface area contributed by atoms with Gasteiger partial charge in [0.15, 0.2) is 0 Å². The van der Waals surface area contributed by atoms with Crippen LogP contribution in [0.25, 0.3) is 5.70 Å². The highest BCUT2D eigenvalue weighted by Crippen LogP contribution is 2.31. The molecule has 5 nitrogen and oxygen atoms in total. The summed E-state index contributed by atoms with van der Waals surface area (Å²) in [6, 6.07) is 13.0. The number of halogens is 2. The number of anilines is 1. The maximum Gasteiger partial charge on any atom is 0.387 e. The van der Waals surface area contributed by atoms with E-state index in [9.17, 15) is 18.4 Å². The molecule has 3 rings (SSSR count). The summed E-state index contributed by atoms with van der Waals surface area (Å²) in [4.78, 5) is 26.0. The van der Waals surface area contributed by atoms with Crippen LogP contribution >= 0.6 is 0 Å². The molecule has 0 aromatic heterocycles. The van der Waals surface area contributed by atoms with Gasteiger partial charge in [0.1, 0.15) is 5.75 Å². The van der Waals surface area contributed by atoms with E-state index < -0.39 is 12.5 Å². The second-order valence-corrected chi connectivity index (χ2v) is 5.62. The smallest absolute Gasteiger partial charge is 0.387 e. The first-order chi connectivity index (χ1) is 12.5. The number of ether oxygens (including phenoxy) is 1. The van der Waals surface area contributed by atoms with Crippen molar-refractivity contribution in [1.82, 2.24) is 4.90 Å². The maximum atomic E-state index is 12.4. The molecule has 0 radical (unpaired) electrons. The molecule has 0 saturated carbocycles. The number of hydrogen-bond donors (Lipinski definition) is 1. The van der Waals surface area contributed by atoms with Crippen LogP contribution in [0.4, 0.5) is 14.5 Å². The minimum absolute atomic E-state index is 0.0121. The lowest BCUT2D eigenvalue weighted by Gasteiger charge is -2.17. The summed E-state index contributed by atoms with van der Waals surface area (Å²) in [5.74, 6) is -0.753. The van der Waals surface area contributed by atoms with Gasteiger partial charge in [0.05, 0.1) is 5.69 Å². The zero-order chi connectivity index (χ0) is 18.7. The number of nitrogens with one attached hydrogen (secondary N) is 1. The van der Waals surface area contributed by atoms with Crippen molar-refractivity contribution in [2.75, 3.05) is 11.9 Å². The van der Waals surface area contributed by atoms with E-state index in [1.54, 1.807) is 24.3 Å². The minimum atomic E-state index is -2.99. The van der Waals surface area contributed by atoms with Crippen LogP contribution in [0.1, 0.15) is 22.3 Å². The molecule has 2 aromatic carbocycles. The fourth-order valence-corrected chi connectivity index (χ4v) is 2.77. The first-order valence-electron chi connectivity index (χ1n) is 7.91. The fourth-order valence-electron chi connectivity index (χ4n) is 2.77. The lowest BCUT2D eigenvalue weighted by atomic mass is 10.1. The molecular weight excluding hydrogens is 342 g/mol. The molecule has 0 spiro atoms. The molecule has 7 heteroatoms. The van der Waals surface area contributed by atoms with Crippen molar-refractivity contribution < 1.29 is 23.1 Å². The summed E-state index contributed by atoms with van der Waals surface area (Å²) in [6.07, 6.45) is -0.0121. The van der Waals surface area contributed by atoms with E-state index in [1.807, 2.05) is 6.07 Å². The molecule has 1 heterocycles. The number of rotatable bonds is 6. The Bertz CT molecular complexity index is 832. The van der Waals surface area contributed by atoms with Crippen LogP contribution in [0.2, 0.25) is 0 Å². The first kappa shape index (κ1) is 17.6. The van der Waals surface area contributed by atoms with Gasteiger partial charge in [-0.3, -0.25) is 9.59 Å². The van der Waals surface area contributed by atoms with E-state index in [-0.39, 0.29) is 30.3 Å². The number of carbonyl (C=O) groups excluding carboxylic acids is 2. The third kappa shape index (κ3) is 3.56. The Labute approximate surface area is 148 Å². The number of amides is 2. The molecule has 0 bridgehead atoms. The lowest BCUT2D eigenvalue weighted by Crippen LogP contribution is -2.27. The summed E-state index contributed by atoms with van der Waals surface area (Å²) < 4.78 is 29.2. The number of carbonyl (C=O) groups is 2. The molecule has 2 aromatic rings. The predicted molar refractivity (Wildman–Crippen MR) is 92.8 cm³/mol. The van der Waals surface area contributed by atoms with Crippen molar-refractivity contribution in [3.8, 4) is 5.75 Å². The molecule has 1 aliphatic heterocycles. The summed E-state index contributed by atoms with van der Waals surface area (Å²) in [7, 11) is 0. The molecule has 0 fully saturated rings. The van der Waals surface area contributed by atoms with Crippen molar-refractivity contribution in [2.45, 2.75) is 13.0 Å². The molecule has 0 saturated heterocycles. The van der Waals surface area contributed by atoms with Crippen LogP contribution in [-0.2, 0) is 4.79 Å². The van der Waals surface area contributed by atoms with Crippen molar-refractivity contribution in [3.05, 3.63) is 66.2 Å². The van der Waals surface area contributed by atoms with E-state index in [2.05, 4.69) is 16.6 Å². The van der Waals surface area contributed by atoms with Gasteiger partial charge >= 0.3 is 6.61 Å². The van der Waals surface area contributed by atoms with Crippen molar-refractivity contribution in [1.29, 1.82) is 0 Å². The van der Waals surface area contributed by atoms with E-state index in [0.29, 0.717) is 11.3 Å². The van der Waals surface area contributed by atoms with Gasteiger partial charge in [0, 0.05) is 29.8 Å². The van der Waals surface area contributed by atoms with Crippen LogP contribution in [0, 0.1) is 0 Å². The third-order valence-corrected chi connectivity index (χ3v) is 3.98. The molecule has 1 aliphatic rings. The normalized spacial score (nSPS) is 13.1. The molecule has 0 unspecified atom stereocenters. The van der Waals surface area contributed by atoms with Crippen LogP contribution in [0.3, 0.4) is 0 Å². The Hall–Kier alpha value is -3.22. The second-order valence-electron chi connectivity index (χ2n) is 5.62. The number of para-hydroxylation sites is 2. The minimum Gasteiger partial charge on any atom is -0.433 e. The van der Waals surface area contributed by atoms with E-state index in [0.717, 1.165) is 5.56 Å².